The number of carbonyl (C=O) groups excluding carboxylic acids is 2. The number of hydrogen-bond donors (Lipinski definition) is 4. The van der Waals surface area contributed by atoms with Crippen molar-refractivity contribution in [1.29, 1.82) is 0 Å². The minimum atomic E-state index is -0.461. The molecular formula is C19H16O6. The first kappa shape index (κ1) is 17.8. The van der Waals surface area contributed by atoms with Crippen LogP contribution in [0.3, 0.4) is 0 Å². The van der Waals surface area contributed by atoms with Crippen LogP contribution in [0.15, 0.2) is 48.6 Å². The molecule has 6 heteroatoms. The van der Waals surface area contributed by atoms with Crippen LogP contribution >= 0.6 is 0 Å². The number of phenols is 4. The van der Waals surface area contributed by atoms with Gasteiger partial charge in [-0.2, -0.15) is 0 Å². The third-order valence-corrected chi connectivity index (χ3v) is 3.27. The van der Waals surface area contributed by atoms with E-state index < -0.39 is 11.6 Å². The smallest absolute Gasteiger partial charge is 0.163 e. The van der Waals surface area contributed by atoms with Gasteiger partial charge in [0.1, 0.15) is 23.0 Å². The van der Waals surface area contributed by atoms with Gasteiger partial charge in [0, 0.05) is 23.3 Å². The Morgan fingerprint density at radius 2 is 1.12 bits per heavy atom. The number of benzene rings is 2. The lowest BCUT2D eigenvalue weighted by atomic mass is 10.1. The highest BCUT2D eigenvalue weighted by molar-refractivity contribution is 6.11. The molecule has 0 fully saturated rings. The summed E-state index contributed by atoms with van der Waals surface area (Å²) >= 11 is 0. The second-order valence-corrected chi connectivity index (χ2v) is 5.26. The van der Waals surface area contributed by atoms with Gasteiger partial charge in [-0.3, -0.25) is 9.59 Å². The third-order valence-electron chi connectivity index (χ3n) is 3.27. The molecule has 0 aromatic heterocycles. The Bertz CT molecular complexity index is 793. The van der Waals surface area contributed by atoms with Crippen LogP contribution in [0.1, 0.15) is 17.5 Å². The molecule has 0 spiro atoms. The lowest BCUT2D eigenvalue weighted by Gasteiger charge is -2.00. The van der Waals surface area contributed by atoms with E-state index in [4.69, 9.17) is 0 Å². The van der Waals surface area contributed by atoms with Gasteiger partial charge in [-0.25, -0.2) is 0 Å². The molecule has 0 aliphatic carbocycles. The molecule has 0 heterocycles. The van der Waals surface area contributed by atoms with E-state index in [1.165, 1.54) is 36.4 Å². The van der Waals surface area contributed by atoms with Crippen molar-refractivity contribution < 1.29 is 30.0 Å². The number of allylic oxidation sites excluding steroid dienone is 2. The summed E-state index contributed by atoms with van der Waals surface area (Å²) < 4.78 is 0. The fourth-order valence-corrected chi connectivity index (χ4v) is 2.00. The maximum absolute atomic E-state index is 11.8. The molecule has 128 valence electrons. The second-order valence-electron chi connectivity index (χ2n) is 5.26. The minimum absolute atomic E-state index is 0.0984. The van der Waals surface area contributed by atoms with Crippen molar-refractivity contribution in [2.24, 2.45) is 0 Å². The van der Waals surface area contributed by atoms with E-state index in [-0.39, 0.29) is 29.4 Å². The third kappa shape index (κ3) is 5.24. The van der Waals surface area contributed by atoms with Crippen molar-refractivity contribution in [2.75, 3.05) is 0 Å². The van der Waals surface area contributed by atoms with Crippen LogP contribution in [0.2, 0.25) is 0 Å². The minimum Gasteiger partial charge on any atom is -0.508 e. The van der Waals surface area contributed by atoms with Gasteiger partial charge in [0.2, 0.25) is 0 Å². The molecule has 0 atom stereocenters. The van der Waals surface area contributed by atoms with E-state index in [2.05, 4.69) is 0 Å². The van der Waals surface area contributed by atoms with E-state index in [1.807, 2.05) is 0 Å². The molecule has 6 nitrogen and oxygen atoms in total. The van der Waals surface area contributed by atoms with Crippen LogP contribution < -0.4 is 0 Å². The average Bonchev–Trinajstić information content (AvgIpc) is 2.53. The van der Waals surface area contributed by atoms with Gasteiger partial charge in [0.25, 0.3) is 0 Å². The summed E-state index contributed by atoms with van der Waals surface area (Å²) in [7, 11) is 0. The van der Waals surface area contributed by atoms with Crippen LogP contribution in [0.25, 0.3) is 12.2 Å². The Labute approximate surface area is 143 Å². The summed E-state index contributed by atoms with van der Waals surface area (Å²) in [6.07, 6.45) is 4.65. The Balaban J connectivity index is 1.96. The van der Waals surface area contributed by atoms with E-state index in [9.17, 15) is 30.0 Å². The molecule has 0 bridgehead atoms. The highest BCUT2D eigenvalue weighted by Gasteiger charge is 2.06. The van der Waals surface area contributed by atoms with Gasteiger partial charge >= 0.3 is 0 Å². The van der Waals surface area contributed by atoms with Crippen LogP contribution in [-0.4, -0.2) is 32.0 Å². The van der Waals surface area contributed by atoms with Crippen LogP contribution in [0.5, 0.6) is 23.0 Å². The zero-order chi connectivity index (χ0) is 18.4. The fraction of sp³-hybridized carbons (Fsp3) is 0.0526. The molecule has 0 unspecified atom stereocenters. The molecule has 0 saturated heterocycles. The molecule has 2 aromatic rings. The van der Waals surface area contributed by atoms with Crippen molar-refractivity contribution in [1.82, 2.24) is 0 Å². The standard InChI is InChI=1S/C19H16O6/c20-14(5-1-12-3-7-16(22)10-18(12)24)9-15(21)6-2-13-4-8-17(23)11-19(13)25/h1-8,10-11,22-25H,9H2. The molecule has 4 N–H and O–H groups in total. The quantitative estimate of drug-likeness (QED) is 0.475. The molecule has 2 aromatic carbocycles. The SMILES string of the molecule is O=C(C=Cc1ccc(O)cc1O)CC(=O)C=Cc1ccc(O)cc1O. The molecular weight excluding hydrogens is 324 g/mol. The molecule has 0 amide bonds. The highest BCUT2D eigenvalue weighted by atomic mass is 16.3. The number of rotatable bonds is 6. The Hall–Kier alpha value is -3.54. The summed E-state index contributed by atoms with van der Waals surface area (Å²) in [6.45, 7) is 0. The summed E-state index contributed by atoms with van der Waals surface area (Å²) in [6, 6.07) is 7.88. The maximum atomic E-state index is 11.8. The zero-order valence-corrected chi connectivity index (χ0v) is 13.1. The first-order chi connectivity index (χ1) is 11.8. The Morgan fingerprint density at radius 3 is 1.48 bits per heavy atom. The van der Waals surface area contributed by atoms with Crippen LogP contribution in [0, 0.1) is 0 Å². The van der Waals surface area contributed by atoms with Gasteiger partial charge in [0.15, 0.2) is 11.6 Å². The zero-order valence-electron chi connectivity index (χ0n) is 13.1. The number of ketones is 2. The Kier molecular flexibility index (Phi) is 5.58. The lowest BCUT2D eigenvalue weighted by Crippen LogP contribution is -2.01. The van der Waals surface area contributed by atoms with Crippen molar-refractivity contribution in [2.45, 2.75) is 6.42 Å². The van der Waals surface area contributed by atoms with Crippen molar-refractivity contribution in [3.8, 4) is 23.0 Å². The number of hydrogen-bond acceptors (Lipinski definition) is 6. The van der Waals surface area contributed by atoms with Gasteiger partial charge in [-0.05, 0) is 48.6 Å². The molecule has 0 saturated carbocycles. The second kappa shape index (κ2) is 7.83. The van der Waals surface area contributed by atoms with Crippen molar-refractivity contribution in [3.05, 3.63) is 59.7 Å². The molecule has 0 radical (unpaired) electrons. The highest BCUT2D eigenvalue weighted by Crippen LogP contribution is 2.24. The number of phenolic OH excluding ortho intramolecular Hbond substituents is 4. The van der Waals surface area contributed by atoms with E-state index in [0.717, 1.165) is 24.3 Å². The van der Waals surface area contributed by atoms with E-state index in [0.29, 0.717) is 11.1 Å². The molecule has 2 rings (SSSR count). The fourth-order valence-electron chi connectivity index (χ4n) is 2.00. The largest absolute Gasteiger partial charge is 0.508 e. The predicted molar refractivity (Wildman–Crippen MR) is 92.2 cm³/mol. The number of aromatic hydroxyl groups is 4. The molecule has 25 heavy (non-hydrogen) atoms. The maximum Gasteiger partial charge on any atom is 0.163 e. The van der Waals surface area contributed by atoms with Gasteiger partial charge in [-0.1, -0.05) is 0 Å². The van der Waals surface area contributed by atoms with Crippen LogP contribution in [0.4, 0.5) is 0 Å². The normalized spacial score (nSPS) is 11.2. The first-order valence-corrected chi connectivity index (χ1v) is 7.31. The van der Waals surface area contributed by atoms with E-state index in [1.54, 1.807) is 0 Å². The first-order valence-electron chi connectivity index (χ1n) is 7.31. The van der Waals surface area contributed by atoms with Gasteiger partial charge < -0.3 is 20.4 Å². The lowest BCUT2D eigenvalue weighted by molar-refractivity contribution is -0.121. The average molecular weight is 340 g/mol. The summed E-state index contributed by atoms with van der Waals surface area (Å²) in [5, 5.41) is 37.6. The topological polar surface area (TPSA) is 115 Å². The van der Waals surface area contributed by atoms with Crippen molar-refractivity contribution in [3.63, 3.8) is 0 Å². The Morgan fingerprint density at radius 1 is 0.720 bits per heavy atom. The monoisotopic (exact) mass is 340 g/mol. The summed E-state index contributed by atoms with van der Waals surface area (Å²) in [4.78, 5) is 23.5. The number of carbonyl (C=O) groups is 2. The summed E-state index contributed by atoms with van der Waals surface area (Å²) in [5.41, 5.74) is 0.673. The van der Waals surface area contributed by atoms with Crippen molar-refractivity contribution >= 4 is 23.7 Å². The molecule has 0 aliphatic rings. The van der Waals surface area contributed by atoms with Gasteiger partial charge in [-0.15, -0.1) is 0 Å². The predicted octanol–water partition coefficient (Wildman–Crippen LogP) is 2.76. The molecule has 0 aliphatic heterocycles. The van der Waals surface area contributed by atoms with Crippen LogP contribution in [-0.2, 0) is 9.59 Å². The summed E-state index contributed by atoms with van der Waals surface area (Å²) in [5.74, 6) is -1.48. The van der Waals surface area contributed by atoms with Gasteiger partial charge in [0.05, 0.1) is 6.42 Å². The van der Waals surface area contributed by atoms with E-state index >= 15 is 0 Å².